The lowest BCUT2D eigenvalue weighted by molar-refractivity contribution is -0.138. The number of ether oxygens (including phenoxy) is 3. The molecule has 0 unspecified atom stereocenters. The second-order valence-corrected chi connectivity index (χ2v) is 12.8. The molecular weight excluding hydrogens is 592 g/mol. The summed E-state index contributed by atoms with van der Waals surface area (Å²) >= 11 is 0. The Morgan fingerprint density at radius 3 is 2.39 bits per heavy atom. The van der Waals surface area contributed by atoms with Gasteiger partial charge in [0.2, 0.25) is 0 Å². The van der Waals surface area contributed by atoms with Gasteiger partial charge in [0.25, 0.3) is 11.8 Å². The molecule has 0 atom stereocenters. The topological polar surface area (TPSA) is 80.7 Å². The van der Waals surface area contributed by atoms with E-state index in [2.05, 4.69) is 0 Å². The van der Waals surface area contributed by atoms with E-state index in [1.807, 2.05) is 68.1 Å². The summed E-state index contributed by atoms with van der Waals surface area (Å²) in [6, 6.07) is 20.0. The Bertz CT molecular complexity index is 1620. The molecular formula is C36H39F2N3O5. The zero-order chi connectivity index (χ0) is 32.4. The van der Waals surface area contributed by atoms with Gasteiger partial charge in [0.15, 0.2) is 11.5 Å². The van der Waals surface area contributed by atoms with Crippen molar-refractivity contribution in [3.63, 3.8) is 0 Å². The third-order valence-electron chi connectivity index (χ3n) is 8.93. The van der Waals surface area contributed by atoms with Crippen molar-refractivity contribution in [2.24, 2.45) is 16.4 Å². The van der Waals surface area contributed by atoms with E-state index in [1.54, 1.807) is 23.2 Å². The number of alkyl halides is 2. The number of hydrazone groups is 1. The molecule has 6 rings (SSSR count). The molecule has 8 nitrogen and oxygen atoms in total. The zero-order valence-corrected chi connectivity index (χ0v) is 26.4. The molecule has 1 saturated heterocycles. The molecule has 3 aromatic rings. The standard InChI is InChI=1S/C36H39F2N3O5/c1-23-9-13-28(44-21-24-7-5-4-6-8-24)20-29(23)33(42)40-17-15-27(16-18-40)41-34(43)36(2,3)32(39-41)26-12-14-30(46-35(37)38)31(19-26)45-22-25-10-11-25/h4-9,12-14,19-20,25,27,35H,10-11,15-18,21-22H2,1-3H3. The molecule has 242 valence electrons. The van der Waals surface area contributed by atoms with E-state index in [4.69, 9.17) is 19.3 Å². The molecule has 2 fully saturated rings. The van der Waals surface area contributed by atoms with Gasteiger partial charge in [-0.1, -0.05) is 36.4 Å². The fourth-order valence-electron chi connectivity index (χ4n) is 5.93. The van der Waals surface area contributed by atoms with Crippen molar-refractivity contribution in [1.29, 1.82) is 0 Å². The van der Waals surface area contributed by atoms with Crippen LogP contribution in [0.25, 0.3) is 0 Å². The first-order valence-electron chi connectivity index (χ1n) is 15.8. The number of halogens is 2. The summed E-state index contributed by atoms with van der Waals surface area (Å²) in [4.78, 5) is 29.1. The highest BCUT2D eigenvalue weighted by Gasteiger charge is 2.47. The maximum Gasteiger partial charge on any atom is 0.387 e. The normalized spacial score (nSPS) is 18.1. The van der Waals surface area contributed by atoms with Gasteiger partial charge in [-0.15, -0.1) is 0 Å². The Hall–Kier alpha value is -4.47. The van der Waals surface area contributed by atoms with E-state index < -0.39 is 12.0 Å². The molecule has 3 aromatic carbocycles. The third-order valence-corrected chi connectivity index (χ3v) is 8.93. The summed E-state index contributed by atoms with van der Waals surface area (Å²) in [6.45, 7) is 4.35. The largest absolute Gasteiger partial charge is 0.489 e. The molecule has 2 heterocycles. The van der Waals surface area contributed by atoms with Crippen LogP contribution in [0.3, 0.4) is 0 Å². The number of carbonyl (C=O) groups excluding carboxylic acids is 2. The number of piperidine rings is 1. The van der Waals surface area contributed by atoms with Crippen molar-refractivity contribution in [3.05, 3.63) is 89.0 Å². The van der Waals surface area contributed by atoms with E-state index in [-0.39, 0.29) is 29.4 Å². The van der Waals surface area contributed by atoms with Crippen LogP contribution in [0.4, 0.5) is 8.78 Å². The third kappa shape index (κ3) is 6.85. The fraction of sp³-hybridized carbons (Fsp3) is 0.417. The number of aryl methyl sites for hydroxylation is 1. The predicted molar refractivity (Wildman–Crippen MR) is 169 cm³/mol. The minimum atomic E-state index is -2.98. The second kappa shape index (κ2) is 13.1. The van der Waals surface area contributed by atoms with Crippen molar-refractivity contribution in [3.8, 4) is 17.2 Å². The van der Waals surface area contributed by atoms with Crippen LogP contribution in [0, 0.1) is 18.3 Å². The van der Waals surface area contributed by atoms with Gasteiger partial charge >= 0.3 is 6.61 Å². The predicted octanol–water partition coefficient (Wildman–Crippen LogP) is 6.84. The highest BCUT2D eigenvalue weighted by Crippen LogP contribution is 2.39. The second-order valence-electron chi connectivity index (χ2n) is 12.8. The van der Waals surface area contributed by atoms with E-state index in [0.29, 0.717) is 67.7 Å². The number of hydrogen-bond donors (Lipinski definition) is 0. The average Bonchev–Trinajstić information content (AvgIpc) is 3.85. The maximum atomic E-state index is 13.7. The van der Waals surface area contributed by atoms with E-state index in [9.17, 15) is 18.4 Å². The molecule has 10 heteroatoms. The number of amides is 2. The molecule has 0 bridgehead atoms. The monoisotopic (exact) mass is 631 g/mol. The van der Waals surface area contributed by atoms with Crippen molar-refractivity contribution in [1.82, 2.24) is 9.91 Å². The summed E-state index contributed by atoms with van der Waals surface area (Å²) in [7, 11) is 0. The highest BCUT2D eigenvalue weighted by atomic mass is 19.3. The molecule has 0 N–H and O–H groups in total. The van der Waals surface area contributed by atoms with Gasteiger partial charge in [-0.25, -0.2) is 5.01 Å². The Kier molecular flexibility index (Phi) is 8.97. The first-order chi connectivity index (χ1) is 22.1. The van der Waals surface area contributed by atoms with Gasteiger partial charge in [0, 0.05) is 24.2 Å². The number of hydrogen-bond acceptors (Lipinski definition) is 6. The molecule has 46 heavy (non-hydrogen) atoms. The lowest BCUT2D eigenvalue weighted by Gasteiger charge is -2.35. The Labute approximate surface area is 267 Å². The summed E-state index contributed by atoms with van der Waals surface area (Å²) < 4.78 is 42.7. The molecule has 2 amide bonds. The van der Waals surface area contributed by atoms with Gasteiger partial charge in [-0.2, -0.15) is 13.9 Å². The Balaban J connectivity index is 1.13. The SMILES string of the molecule is Cc1ccc(OCc2ccccc2)cc1C(=O)N1CCC(N2N=C(c3ccc(OC(F)F)c(OCC4CC4)c3)C(C)(C)C2=O)CC1. The molecule has 0 spiro atoms. The van der Waals surface area contributed by atoms with Crippen LogP contribution in [-0.2, 0) is 11.4 Å². The molecule has 0 aromatic heterocycles. The number of nitrogens with zero attached hydrogens (tertiary/aromatic N) is 3. The average molecular weight is 632 g/mol. The van der Waals surface area contributed by atoms with Gasteiger partial charge < -0.3 is 19.1 Å². The number of rotatable bonds is 11. The van der Waals surface area contributed by atoms with Crippen molar-refractivity contribution >= 4 is 17.5 Å². The summed E-state index contributed by atoms with van der Waals surface area (Å²) in [5.41, 5.74) is 2.73. The number of carbonyl (C=O) groups is 2. The lowest BCUT2D eigenvalue weighted by Crippen LogP contribution is -2.47. The fourth-order valence-corrected chi connectivity index (χ4v) is 5.93. The molecule has 3 aliphatic rings. The van der Waals surface area contributed by atoms with E-state index in [1.165, 1.54) is 6.07 Å². The number of benzene rings is 3. The van der Waals surface area contributed by atoms with Crippen LogP contribution < -0.4 is 14.2 Å². The van der Waals surface area contributed by atoms with Crippen molar-refractivity contribution < 1.29 is 32.6 Å². The summed E-state index contributed by atoms with van der Waals surface area (Å²) in [5.74, 6) is 1.02. The van der Waals surface area contributed by atoms with Crippen LogP contribution in [-0.4, -0.2) is 59.8 Å². The molecule has 2 aliphatic heterocycles. The summed E-state index contributed by atoms with van der Waals surface area (Å²) in [6.07, 6.45) is 3.25. The van der Waals surface area contributed by atoms with Crippen LogP contribution >= 0.6 is 0 Å². The van der Waals surface area contributed by atoms with E-state index >= 15 is 0 Å². The Morgan fingerprint density at radius 1 is 0.957 bits per heavy atom. The van der Waals surface area contributed by atoms with Crippen LogP contribution in [0.5, 0.6) is 17.2 Å². The molecule has 1 aliphatic carbocycles. The lowest BCUT2D eigenvalue weighted by atomic mass is 9.83. The molecule has 1 saturated carbocycles. The van der Waals surface area contributed by atoms with Gasteiger partial charge in [0.1, 0.15) is 12.4 Å². The minimum absolute atomic E-state index is 0.0421. The zero-order valence-electron chi connectivity index (χ0n) is 26.4. The number of likely N-dealkylation sites (tertiary alicyclic amines) is 1. The van der Waals surface area contributed by atoms with Crippen LogP contribution in [0.15, 0.2) is 71.8 Å². The summed E-state index contributed by atoms with van der Waals surface area (Å²) in [5, 5.41) is 6.34. The van der Waals surface area contributed by atoms with E-state index in [0.717, 1.165) is 24.0 Å². The highest BCUT2D eigenvalue weighted by molar-refractivity contribution is 6.19. The molecule has 0 radical (unpaired) electrons. The minimum Gasteiger partial charge on any atom is -0.489 e. The van der Waals surface area contributed by atoms with Crippen molar-refractivity contribution in [2.75, 3.05) is 19.7 Å². The first-order valence-corrected chi connectivity index (χ1v) is 15.8. The van der Waals surface area contributed by atoms with Gasteiger partial charge in [0.05, 0.1) is 23.8 Å². The quantitative estimate of drug-likeness (QED) is 0.232. The smallest absolute Gasteiger partial charge is 0.387 e. The van der Waals surface area contributed by atoms with Gasteiger partial charge in [-0.05, 0) is 93.8 Å². The first kappa shape index (κ1) is 31.5. The van der Waals surface area contributed by atoms with Gasteiger partial charge in [-0.3, -0.25) is 9.59 Å². The van der Waals surface area contributed by atoms with Crippen LogP contribution in [0.1, 0.15) is 66.6 Å². The Morgan fingerprint density at radius 2 is 1.70 bits per heavy atom. The maximum absolute atomic E-state index is 13.7. The van der Waals surface area contributed by atoms with Crippen LogP contribution in [0.2, 0.25) is 0 Å². The van der Waals surface area contributed by atoms with Crippen molar-refractivity contribution in [2.45, 2.75) is 65.7 Å².